The first-order valence-corrected chi connectivity index (χ1v) is 5.78. The Labute approximate surface area is 96.6 Å². The second-order valence-electron chi connectivity index (χ2n) is 4.37. The summed E-state index contributed by atoms with van der Waals surface area (Å²) >= 11 is 4.42. The molecule has 0 amide bonds. The zero-order valence-corrected chi connectivity index (χ0v) is 10.1. The van der Waals surface area contributed by atoms with E-state index in [2.05, 4.69) is 55.9 Å². The van der Waals surface area contributed by atoms with E-state index >= 15 is 0 Å². The molecule has 0 radical (unpaired) electrons. The maximum Gasteiger partial charge on any atom is 0.0593 e. The molecule has 1 fully saturated rings. The lowest BCUT2D eigenvalue weighted by Crippen LogP contribution is -2.48. The van der Waals surface area contributed by atoms with Gasteiger partial charge in [0.15, 0.2) is 0 Å². The van der Waals surface area contributed by atoms with Gasteiger partial charge in [-0.05, 0) is 17.7 Å². The molecule has 2 rings (SSSR count). The molecular weight excluding hydrogens is 206 g/mol. The molecule has 0 N–H and O–H groups in total. The molecule has 82 valence electrons. The highest BCUT2D eigenvalue weighted by Crippen LogP contribution is 2.34. The van der Waals surface area contributed by atoms with Crippen molar-refractivity contribution in [3.8, 4) is 0 Å². The number of nitrogens with zero attached hydrogens (tertiary/aromatic N) is 1. The Balaban J connectivity index is 2.23. The second-order valence-corrected chi connectivity index (χ2v) is 4.69. The van der Waals surface area contributed by atoms with Gasteiger partial charge in [0.05, 0.1) is 18.6 Å². The van der Waals surface area contributed by atoms with E-state index in [4.69, 9.17) is 4.74 Å². The van der Waals surface area contributed by atoms with Gasteiger partial charge in [-0.15, -0.1) is 0 Å². The van der Waals surface area contributed by atoms with Crippen LogP contribution in [0.2, 0.25) is 0 Å². The van der Waals surface area contributed by atoms with Crippen LogP contribution in [-0.2, 0) is 10.2 Å². The number of thiol groups is 1. The van der Waals surface area contributed by atoms with E-state index in [9.17, 15) is 0 Å². The van der Waals surface area contributed by atoms with E-state index in [0.29, 0.717) is 0 Å². The molecule has 3 heteroatoms. The van der Waals surface area contributed by atoms with Crippen LogP contribution in [0.25, 0.3) is 0 Å². The molecule has 1 aromatic rings. The molecule has 0 unspecified atom stereocenters. The molecule has 1 heterocycles. The Kier molecular flexibility index (Phi) is 2.94. The average molecular weight is 223 g/mol. The molecule has 1 aliphatic heterocycles. The molecule has 0 spiro atoms. The van der Waals surface area contributed by atoms with Crippen LogP contribution >= 0.6 is 12.6 Å². The molecule has 15 heavy (non-hydrogen) atoms. The molecule has 0 atom stereocenters. The summed E-state index contributed by atoms with van der Waals surface area (Å²) in [6, 6.07) is 8.68. The molecule has 1 aromatic carbocycles. The normalized spacial score (nSPS) is 18.3. The molecule has 2 nitrogen and oxygen atoms in total. The summed E-state index contributed by atoms with van der Waals surface area (Å²) in [5.41, 5.74) is 2.73. The largest absolute Gasteiger partial charge is 0.379 e. The Morgan fingerprint density at radius 2 is 1.87 bits per heavy atom. The van der Waals surface area contributed by atoms with Gasteiger partial charge in [-0.2, -0.15) is 12.6 Å². The fourth-order valence-electron chi connectivity index (χ4n) is 1.81. The lowest BCUT2D eigenvalue weighted by molar-refractivity contribution is -0.0470. The Morgan fingerprint density at radius 3 is 2.20 bits per heavy atom. The summed E-state index contributed by atoms with van der Waals surface area (Å²) < 4.78 is 5.30. The van der Waals surface area contributed by atoms with E-state index < -0.39 is 0 Å². The standard InChI is InChI=1S/C12H17NOS/c1-13(2)11-5-3-10(4-6-11)12(9-15)7-14-8-12/h3-6,15H,7-9H2,1-2H3. The van der Waals surface area contributed by atoms with E-state index in [-0.39, 0.29) is 5.41 Å². The number of ether oxygens (including phenoxy) is 1. The summed E-state index contributed by atoms with van der Waals surface area (Å²) in [6.45, 7) is 1.61. The Bertz CT molecular complexity index is 324. The minimum atomic E-state index is 0.161. The van der Waals surface area contributed by atoms with Gasteiger partial charge in [0.25, 0.3) is 0 Å². The molecular formula is C12H17NOS. The summed E-state index contributed by atoms with van der Waals surface area (Å²) in [6.07, 6.45) is 0. The van der Waals surface area contributed by atoms with Crippen molar-refractivity contribution >= 4 is 18.3 Å². The first-order chi connectivity index (χ1) is 7.18. The summed E-state index contributed by atoms with van der Waals surface area (Å²) in [4.78, 5) is 2.11. The lowest BCUT2D eigenvalue weighted by Gasteiger charge is -2.41. The predicted molar refractivity (Wildman–Crippen MR) is 67.1 cm³/mol. The van der Waals surface area contributed by atoms with Crippen LogP contribution in [0.1, 0.15) is 5.56 Å². The molecule has 0 bridgehead atoms. The average Bonchev–Trinajstić information content (AvgIpc) is 2.18. The van der Waals surface area contributed by atoms with Crippen LogP contribution in [0.3, 0.4) is 0 Å². The van der Waals surface area contributed by atoms with Crippen molar-refractivity contribution in [2.24, 2.45) is 0 Å². The van der Waals surface area contributed by atoms with Gasteiger partial charge in [0.1, 0.15) is 0 Å². The Morgan fingerprint density at radius 1 is 1.27 bits per heavy atom. The molecule has 1 aliphatic rings. The minimum absolute atomic E-state index is 0.161. The minimum Gasteiger partial charge on any atom is -0.379 e. The van der Waals surface area contributed by atoms with Crippen LogP contribution in [0.4, 0.5) is 5.69 Å². The summed E-state index contributed by atoms with van der Waals surface area (Å²) in [5.74, 6) is 0.855. The highest BCUT2D eigenvalue weighted by molar-refractivity contribution is 7.80. The van der Waals surface area contributed by atoms with Crippen LogP contribution in [0.15, 0.2) is 24.3 Å². The maximum absolute atomic E-state index is 5.30. The fraction of sp³-hybridized carbons (Fsp3) is 0.500. The van der Waals surface area contributed by atoms with Gasteiger partial charge < -0.3 is 9.64 Å². The van der Waals surface area contributed by atoms with Gasteiger partial charge in [0.2, 0.25) is 0 Å². The maximum atomic E-state index is 5.30. The smallest absolute Gasteiger partial charge is 0.0593 e. The zero-order chi connectivity index (χ0) is 10.9. The van der Waals surface area contributed by atoms with Crippen molar-refractivity contribution in [1.82, 2.24) is 0 Å². The van der Waals surface area contributed by atoms with Gasteiger partial charge in [-0.3, -0.25) is 0 Å². The van der Waals surface area contributed by atoms with Gasteiger partial charge in [0, 0.05) is 25.5 Å². The number of benzene rings is 1. The van der Waals surface area contributed by atoms with E-state index in [1.807, 2.05) is 0 Å². The molecule has 0 saturated carbocycles. The first kappa shape index (κ1) is 10.8. The van der Waals surface area contributed by atoms with Gasteiger partial charge in [-0.25, -0.2) is 0 Å². The summed E-state index contributed by atoms with van der Waals surface area (Å²) in [5, 5.41) is 0. The van der Waals surface area contributed by atoms with Crippen LogP contribution in [0, 0.1) is 0 Å². The zero-order valence-electron chi connectivity index (χ0n) is 9.23. The third-order valence-electron chi connectivity index (χ3n) is 3.06. The Hall–Kier alpha value is -0.670. The first-order valence-electron chi connectivity index (χ1n) is 5.14. The molecule has 1 saturated heterocycles. The second kappa shape index (κ2) is 4.06. The number of hydrogen-bond donors (Lipinski definition) is 1. The lowest BCUT2D eigenvalue weighted by atomic mass is 9.80. The van der Waals surface area contributed by atoms with Crippen molar-refractivity contribution in [2.45, 2.75) is 5.41 Å². The monoisotopic (exact) mass is 223 g/mol. The van der Waals surface area contributed by atoms with Crippen molar-refractivity contribution in [2.75, 3.05) is 38.0 Å². The quantitative estimate of drug-likeness (QED) is 0.786. The number of anilines is 1. The van der Waals surface area contributed by atoms with Crippen molar-refractivity contribution in [3.05, 3.63) is 29.8 Å². The van der Waals surface area contributed by atoms with E-state index in [0.717, 1.165) is 19.0 Å². The van der Waals surface area contributed by atoms with Crippen LogP contribution in [-0.4, -0.2) is 33.1 Å². The molecule has 0 aliphatic carbocycles. The highest BCUT2D eigenvalue weighted by atomic mass is 32.1. The highest BCUT2D eigenvalue weighted by Gasteiger charge is 2.38. The van der Waals surface area contributed by atoms with Gasteiger partial charge in [-0.1, -0.05) is 12.1 Å². The summed E-state index contributed by atoms with van der Waals surface area (Å²) in [7, 11) is 4.10. The number of rotatable bonds is 3. The topological polar surface area (TPSA) is 12.5 Å². The van der Waals surface area contributed by atoms with Crippen molar-refractivity contribution < 1.29 is 4.74 Å². The van der Waals surface area contributed by atoms with Crippen molar-refractivity contribution in [1.29, 1.82) is 0 Å². The SMILES string of the molecule is CN(C)c1ccc(C2(CS)COC2)cc1. The predicted octanol–water partition coefficient (Wildman–Crippen LogP) is 1.95. The third kappa shape index (κ3) is 1.86. The molecule has 0 aromatic heterocycles. The number of hydrogen-bond acceptors (Lipinski definition) is 3. The third-order valence-corrected chi connectivity index (χ3v) is 3.66. The van der Waals surface area contributed by atoms with E-state index in [1.54, 1.807) is 0 Å². The van der Waals surface area contributed by atoms with Crippen LogP contribution < -0.4 is 4.90 Å². The van der Waals surface area contributed by atoms with Crippen LogP contribution in [0.5, 0.6) is 0 Å². The van der Waals surface area contributed by atoms with Crippen molar-refractivity contribution in [3.63, 3.8) is 0 Å². The van der Waals surface area contributed by atoms with Gasteiger partial charge >= 0.3 is 0 Å². The fourth-order valence-corrected chi connectivity index (χ4v) is 2.18. The van der Waals surface area contributed by atoms with E-state index in [1.165, 1.54) is 11.3 Å².